The van der Waals surface area contributed by atoms with E-state index in [4.69, 9.17) is 9.47 Å². The number of fused-ring (bicyclic) bond motifs is 1. The number of aliphatic hydroxyl groups excluding tert-OH is 1. The number of hydrogen-bond acceptors (Lipinski definition) is 3. The van der Waals surface area contributed by atoms with Crippen LogP contribution in [0.1, 0.15) is 51.2 Å². The molecule has 0 aromatic heterocycles. The Morgan fingerprint density at radius 2 is 2.22 bits per heavy atom. The first-order valence-electron chi connectivity index (χ1n) is 6.69. The average Bonchev–Trinajstić information content (AvgIpc) is 2.39. The van der Waals surface area contributed by atoms with E-state index in [1.807, 2.05) is 18.2 Å². The van der Waals surface area contributed by atoms with Crippen LogP contribution in [0.25, 0.3) is 0 Å². The lowest BCUT2D eigenvalue weighted by Crippen LogP contribution is -2.40. The molecular weight excluding hydrogens is 228 g/mol. The molecule has 1 aliphatic rings. The highest BCUT2D eigenvalue weighted by Crippen LogP contribution is 2.44. The second-order valence-electron chi connectivity index (χ2n) is 5.01. The van der Waals surface area contributed by atoms with Gasteiger partial charge in [0.15, 0.2) is 0 Å². The minimum absolute atomic E-state index is 0.213. The number of ether oxygens (including phenoxy) is 2. The molecule has 3 heteroatoms. The van der Waals surface area contributed by atoms with Gasteiger partial charge in [-0.25, -0.2) is 0 Å². The maximum absolute atomic E-state index is 10.3. The van der Waals surface area contributed by atoms with Gasteiger partial charge in [0.2, 0.25) is 0 Å². The van der Waals surface area contributed by atoms with Crippen LogP contribution in [-0.4, -0.2) is 17.8 Å². The molecule has 0 aliphatic carbocycles. The van der Waals surface area contributed by atoms with E-state index in [2.05, 4.69) is 13.8 Å². The summed E-state index contributed by atoms with van der Waals surface area (Å²) >= 11 is 0. The van der Waals surface area contributed by atoms with Gasteiger partial charge in [-0.05, 0) is 31.0 Å². The fourth-order valence-corrected chi connectivity index (χ4v) is 2.75. The highest BCUT2D eigenvalue weighted by molar-refractivity contribution is 5.43. The molecule has 100 valence electrons. The van der Waals surface area contributed by atoms with Crippen molar-refractivity contribution in [1.29, 1.82) is 0 Å². The monoisotopic (exact) mass is 250 g/mol. The predicted molar refractivity (Wildman–Crippen MR) is 71.1 cm³/mol. The van der Waals surface area contributed by atoms with E-state index >= 15 is 0 Å². The van der Waals surface area contributed by atoms with Crippen molar-refractivity contribution < 1.29 is 14.6 Å². The summed E-state index contributed by atoms with van der Waals surface area (Å²) in [4.78, 5) is 0. The second-order valence-corrected chi connectivity index (χ2v) is 5.01. The molecule has 2 atom stereocenters. The van der Waals surface area contributed by atoms with Crippen LogP contribution < -0.4 is 9.47 Å². The normalized spacial score (nSPS) is 26.3. The molecule has 1 unspecified atom stereocenters. The Morgan fingerprint density at radius 1 is 1.44 bits per heavy atom. The molecule has 0 saturated heterocycles. The van der Waals surface area contributed by atoms with E-state index in [0.29, 0.717) is 6.42 Å². The van der Waals surface area contributed by atoms with Gasteiger partial charge in [0.05, 0.1) is 13.2 Å². The minimum Gasteiger partial charge on any atom is -0.497 e. The van der Waals surface area contributed by atoms with Crippen molar-refractivity contribution >= 4 is 0 Å². The lowest BCUT2D eigenvalue weighted by atomic mass is 9.83. The highest BCUT2D eigenvalue weighted by atomic mass is 16.5. The summed E-state index contributed by atoms with van der Waals surface area (Å²) < 4.78 is 11.4. The van der Waals surface area contributed by atoms with Gasteiger partial charge >= 0.3 is 0 Å². The highest BCUT2D eigenvalue weighted by Gasteiger charge is 2.38. The average molecular weight is 250 g/mol. The molecule has 1 N–H and O–H groups in total. The van der Waals surface area contributed by atoms with Crippen LogP contribution in [0.5, 0.6) is 11.5 Å². The largest absolute Gasteiger partial charge is 0.497 e. The SMILES string of the molecule is CCCC1(CC)C[C@H](O)c2cc(OC)ccc2O1. The standard InChI is InChI=1S/C15H22O3/c1-4-8-15(5-2)10-13(16)12-9-11(17-3)6-7-14(12)18-15/h6-7,9,13,16H,4-5,8,10H2,1-3H3/t13-,15?/m0/s1. The van der Waals surface area contributed by atoms with Crippen LogP contribution in [-0.2, 0) is 0 Å². The Labute approximate surface area is 109 Å². The van der Waals surface area contributed by atoms with E-state index in [1.54, 1.807) is 7.11 Å². The third-order valence-corrected chi connectivity index (χ3v) is 3.82. The van der Waals surface area contributed by atoms with Crippen LogP contribution in [0, 0.1) is 0 Å². The Balaban J connectivity index is 2.33. The van der Waals surface area contributed by atoms with Gasteiger partial charge < -0.3 is 14.6 Å². The van der Waals surface area contributed by atoms with E-state index in [1.165, 1.54) is 0 Å². The Bertz CT molecular complexity index is 416. The van der Waals surface area contributed by atoms with Crippen LogP contribution in [0.3, 0.4) is 0 Å². The van der Waals surface area contributed by atoms with E-state index < -0.39 is 6.10 Å². The Hall–Kier alpha value is -1.22. The van der Waals surface area contributed by atoms with Crippen molar-refractivity contribution in [2.75, 3.05) is 7.11 Å². The van der Waals surface area contributed by atoms with E-state index in [0.717, 1.165) is 36.3 Å². The molecule has 2 rings (SSSR count). The molecule has 0 saturated carbocycles. The molecule has 1 heterocycles. The fraction of sp³-hybridized carbons (Fsp3) is 0.600. The first kappa shape index (κ1) is 13.2. The third kappa shape index (κ3) is 2.32. The number of benzene rings is 1. The van der Waals surface area contributed by atoms with Crippen LogP contribution in [0.4, 0.5) is 0 Å². The molecule has 3 nitrogen and oxygen atoms in total. The van der Waals surface area contributed by atoms with Gasteiger partial charge in [-0.1, -0.05) is 20.3 Å². The summed E-state index contributed by atoms with van der Waals surface area (Å²) in [5, 5.41) is 10.3. The lowest BCUT2D eigenvalue weighted by Gasteiger charge is -2.40. The number of aliphatic hydroxyl groups is 1. The molecule has 1 aromatic carbocycles. The lowest BCUT2D eigenvalue weighted by molar-refractivity contribution is -0.0233. The third-order valence-electron chi connectivity index (χ3n) is 3.82. The molecule has 1 aromatic rings. The summed E-state index contributed by atoms with van der Waals surface area (Å²) in [6.07, 6.45) is 3.16. The number of hydrogen-bond donors (Lipinski definition) is 1. The molecule has 0 radical (unpaired) electrons. The van der Waals surface area contributed by atoms with Crippen molar-refractivity contribution in [2.24, 2.45) is 0 Å². The summed E-state index contributed by atoms with van der Waals surface area (Å²) in [6.45, 7) is 4.27. The van der Waals surface area contributed by atoms with Crippen molar-refractivity contribution in [3.63, 3.8) is 0 Å². The van der Waals surface area contributed by atoms with Crippen LogP contribution in [0.15, 0.2) is 18.2 Å². The first-order chi connectivity index (χ1) is 8.64. The molecule has 0 bridgehead atoms. The Morgan fingerprint density at radius 3 is 2.83 bits per heavy atom. The van der Waals surface area contributed by atoms with Crippen molar-refractivity contribution in [2.45, 2.75) is 51.2 Å². The summed E-state index contributed by atoms with van der Waals surface area (Å²) in [5.41, 5.74) is 0.630. The van der Waals surface area contributed by atoms with Gasteiger partial charge in [-0.2, -0.15) is 0 Å². The maximum Gasteiger partial charge on any atom is 0.126 e. The zero-order chi connectivity index (χ0) is 13.2. The molecule has 1 aliphatic heterocycles. The molecule has 0 spiro atoms. The van der Waals surface area contributed by atoms with E-state index in [9.17, 15) is 5.11 Å². The Kier molecular flexibility index (Phi) is 3.81. The van der Waals surface area contributed by atoms with E-state index in [-0.39, 0.29) is 5.60 Å². The minimum atomic E-state index is -0.463. The van der Waals surface area contributed by atoms with Crippen molar-refractivity contribution in [3.8, 4) is 11.5 Å². The van der Waals surface area contributed by atoms with Gasteiger partial charge in [0, 0.05) is 12.0 Å². The first-order valence-corrected chi connectivity index (χ1v) is 6.69. The zero-order valence-corrected chi connectivity index (χ0v) is 11.4. The zero-order valence-electron chi connectivity index (χ0n) is 11.4. The smallest absolute Gasteiger partial charge is 0.126 e. The fourth-order valence-electron chi connectivity index (χ4n) is 2.75. The topological polar surface area (TPSA) is 38.7 Å². The number of methoxy groups -OCH3 is 1. The molecular formula is C15H22O3. The van der Waals surface area contributed by atoms with Gasteiger partial charge in [-0.3, -0.25) is 0 Å². The number of rotatable bonds is 4. The van der Waals surface area contributed by atoms with Crippen molar-refractivity contribution in [3.05, 3.63) is 23.8 Å². The molecule has 0 fully saturated rings. The van der Waals surface area contributed by atoms with Gasteiger partial charge in [0.25, 0.3) is 0 Å². The van der Waals surface area contributed by atoms with Crippen LogP contribution in [0.2, 0.25) is 0 Å². The summed E-state index contributed by atoms with van der Waals surface area (Å²) in [5.74, 6) is 1.56. The maximum atomic E-state index is 10.3. The van der Waals surface area contributed by atoms with Crippen molar-refractivity contribution in [1.82, 2.24) is 0 Å². The second kappa shape index (κ2) is 5.19. The molecule has 18 heavy (non-hydrogen) atoms. The quantitative estimate of drug-likeness (QED) is 0.889. The van der Waals surface area contributed by atoms with Gasteiger partial charge in [0.1, 0.15) is 17.1 Å². The summed E-state index contributed by atoms with van der Waals surface area (Å²) in [7, 11) is 1.63. The van der Waals surface area contributed by atoms with Crippen LogP contribution >= 0.6 is 0 Å². The summed E-state index contributed by atoms with van der Waals surface area (Å²) in [6, 6.07) is 5.64. The predicted octanol–water partition coefficient (Wildman–Crippen LogP) is 3.46. The van der Waals surface area contributed by atoms with Gasteiger partial charge in [-0.15, -0.1) is 0 Å². The molecule has 0 amide bonds.